The van der Waals surface area contributed by atoms with Crippen LogP contribution in [0.3, 0.4) is 0 Å². The Morgan fingerprint density at radius 1 is 1.17 bits per heavy atom. The zero-order chi connectivity index (χ0) is 21.0. The Morgan fingerprint density at radius 2 is 2.00 bits per heavy atom. The van der Waals surface area contributed by atoms with Crippen molar-refractivity contribution in [1.82, 2.24) is 14.3 Å². The number of aryl methyl sites for hydroxylation is 1. The quantitative estimate of drug-likeness (QED) is 0.569. The third-order valence-corrected chi connectivity index (χ3v) is 6.35. The average molecular weight is 401 g/mol. The Balaban J connectivity index is 1.75. The van der Waals surface area contributed by atoms with Crippen molar-refractivity contribution in [3.05, 3.63) is 64.8 Å². The molecule has 0 spiro atoms. The van der Waals surface area contributed by atoms with Crippen LogP contribution in [-0.4, -0.2) is 51.8 Å². The number of carbonyl (C=O) groups is 3. The number of aromatic nitrogens is 2. The van der Waals surface area contributed by atoms with Gasteiger partial charge < -0.3 is 9.30 Å². The first-order valence-corrected chi connectivity index (χ1v) is 10.4. The number of hydrogen-bond acceptors (Lipinski definition) is 5. The molecular weight excluding hydrogens is 378 g/mol. The van der Waals surface area contributed by atoms with Gasteiger partial charge in [-0.05, 0) is 38.0 Å². The second-order valence-electron chi connectivity index (χ2n) is 8.22. The van der Waals surface area contributed by atoms with Crippen LogP contribution in [0.25, 0.3) is 11.1 Å². The van der Waals surface area contributed by atoms with Crippen LogP contribution < -0.4 is 0 Å². The lowest BCUT2D eigenvalue weighted by Crippen LogP contribution is -2.23. The van der Waals surface area contributed by atoms with Crippen LogP contribution in [0.4, 0.5) is 0 Å². The van der Waals surface area contributed by atoms with Gasteiger partial charge in [0.05, 0.1) is 23.1 Å². The second kappa shape index (κ2) is 6.99. The van der Waals surface area contributed by atoms with E-state index in [4.69, 9.17) is 0 Å². The molecule has 3 aliphatic carbocycles. The predicted molar refractivity (Wildman–Crippen MR) is 114 cm³/mol. The van der Waals surface area contributed by atoms with Crippen molar-refractivity contribution in [2.24, 2.45) is 0 Å². The number of nitrogens with zero attached hydrogens (tertiary/aromatic N) is 3. The summed E-state index contributed by atoms with van der Waals surface area (Å²) in [6.45, 7) is 5.34. The molecule has 152 valence electrons. The summed E-state index contributed by atoms with van der Waals surface area (Å²) in [5, 5.41) is 0. The summed E-state index contributed by atoms with van der Waals surface area (Å²) in [5.74, 6) is 0.552. The normalized spacial score (nSPS) is 17.7. The summed E-state index contributed by atoms with van der Waals surface area (Å²) < 4.78 is 2.04. The van der Waals surface area contributed by atoms with Gasteiger partial charge in [0.25, 0.3) is 0 Å². The van der Waals surface area contributed by atoms with Gasteiger partial charge in [-0.25, -0.2) is 4.98 Å². The largest absolute Gasteiger partial charge is 0.302 e. The maximum Gasteiger partial charge on any atom is 0.181 e. The molecule has 3 aliphatic rings. The molecule has 0 saturated carbocycles. The van der Waals surface area contributed by atoms with Crippen molar-refractivity contribution in [3.8, 4) is 0 Å². The van der Waals surface area contributed by atoms with Gasteiger partial charge in [-0.3, -0.25) is 14.4 Å². The van der Waals surface area contributed by atoms with E-state index in [1.807, 2.05) is 23.6 Å². The van der Waals surface area contributed by atoms with E-state index in [-0.39, 0.29) is 23.8 Å². The first-order chi connectivity index (χ1) is 14.5. The van der Waals surface area contributed by atoms with Crippen molar-refractivity contribution >= 4 is 28.4 Å². The van der Waals surface area contributed by atoms with Crippen molar-refractivity contribution in [2.45, 2.75) is 32.1 Å². The monoisotopic (exact) mass is 401 g/mol. The molecule has 0 aromatic carbocycles. The number of allylic oxidation sites excluding steroid dienone is 4. The summed E-state index contributed by atoms with van der Waals surface area (Å²) in [7, 11) is 2.02. The predicted octanol–water partition coefficient (Wildman–Crippen LogP) is 2.99. The van der Waals surface area contributed by atoms with E-state index < -0.39 is 0 Å². The van der Waals surface area contributed by atoms with Crippen LogP contribution in [0.5, 0.6) is 0 Å². The van der Waals surface area contributed by atoms with Crippen LogP contribution >= 0.6 is 0 Å². The molecule has 0 aliphatic heterocycles. The Hall–Kier alpha value is -3.12. The molecule has 2 aromatic rings. The van der Waals surface area contributed by atoms with Crippen molar-refractivity contribution < 1.29 is 14.4 Å². The fourth-order valence-electron chi connectivity index (χ4n) is 4.99. The molecule has 0 amide bonds. The van der Waals surface area contributed by atoms with E-state index in [9.17, 15) is 14.4 Å². The molecule has 0 fully saturated rings. The van der Waals surface area contributed by atoms with Crippen molar-refractivity contribution in [1.29, 1.82) is 0 Å². The zero-order valence-corrected chi connectivity index (χ0v) is 17.0. The minimum atomic E-state index is -0.177. The fraction of sp³-hybridized carbons (Fsp3) is 0.333. The number of hydrogen-bond donors (Lipinski definition) is 0. The molecule has 30 heavy (non-hydrogen) atoms. The summed E-state index contributed by atoms with van der Waals surface area (Å²) >= 11 is 0. The molecule has 0 bridgehead atoms. The van der Waals surface area contributed by atoms with Gasteiger partial charge >= 0.3 is 0 Å². The summed E-state index contributed by atoms with van der Waals surface area (Å²) in [5.41, 5.74) is 5.46. The fourth-order valence-corrected chi connectivity index (χ4v) is 4.99. The molecule has 5 rings (SSSR count). The maximum absolute atomic E-state index is 13.0. The van der Waals surface area contributed by atoms with Crippen LogP contribution in [0.15, 0.2) is 36.6 Å². The minimum absolute atomic E-state index is 0.0355. The van der Waals surface area contributed by atoms with Gasteiger partial charge in [0.1, 0.15) is 5.82 Å². The van der Waals surface area contributed by atoms with E-state index in [1.165, 1.54) is 0 Å². The number of fused-ring (bicyclic) bond motifs is 4. The van der Waals surface area contributed by atoms with Gasteiger partial charge in [-0.2, -0.15) is 0 Å². The highest BCUT2D eigenvalue weighted by molar-refractivity contribution is 6.26. The third kappa shape index (κ3) is 2.67. The molecule has 0 unspecified atom stereocenters. The topological polar surface area (TPSA) is 71.8 Å². The lowest BCUT2D eigenvalue weighted by Gasteiger charge is -2.23. The summed E-state index contributed by atoms with van der Waals surface area (Å²) in [6, 6.07) is 0. The van der Waals surface area contributed by atoms with Crippen molar-refractivity contribution in [3.63, 3.8) is 0 Å². The molecule has 2 heterocycles. The van der Waals surface area contributed by atoms with Crippen LogP contribution in [0.2, 0.25) is 0 Å². The third-order valence-electron chi connectivity index (χ3n) is 6.35. The lowest BCUT2D eigenvalue weighted by atomic mass is 9.79. The zero-order valence-electron chi connectivity index (χ0n) is 17.0. The van der Waals surface area contributed by atoms with Crippen molar-refractivity contribution in [2.75, 3.05) is 20.1 Å². The summed E-state index contributed by atoms with van der Waals surface area (Å²) in [4.78, 5) is 44.9. The molecule has 0 radical (unpaired) electrons. The van der Waals surface area contributed by atoms with E-state index in [2.05, 4.69) is 16.5 Å². The van der Waals surface area contributed by atoms with Gasteiger partial charge in [0, 0.05) is 42.5 Å². The molecule has 0 N–H and O–H groups in total. The number of rotatable bonds is 5. The molecule has 0 atom stereocenters. The Kier molecular flexibility index (Phi) is 4.40. The first kappa shape index (κ1) is 18.9. The van der Waals surface area contributed by atoms with E-state index in [1.54, 1.807) is 12.3 Å². The van der Waals surface area contributed by atoms with Gasteiger partial charge in [0.2, 0.25) is 0 Å². The van der Waals surface area contributed by atoms with E-state index >= 15 is 0 Å². The van der Waals surface area contributed by atoms with Gasteiger partial charge in [0.15, 0.2) is 17.3 Å². The molecule has 6 heteroatoms. The van der Waals surface area contributed by atoms with E-state index in [0.29, 0.717) is 42.3 Å². The van der Waals surface area contributed by atoms with Gasteiger partial charge in [-0.1, -0.05) is 12.2 Å². The molecular formula is C24H23N3O3. The van der Waals surface area contributed by atoms with Gasteiger partial charge in [-0.15, -0.1) is 6.58 Å². The minimum Gasteiger partial charge on any atom is -0.302 e. The highest BCUT2D eigenvalue weighted by atomic mass is 16.1. The number of likely N-dealkylation sites (N-methyl/N-ethyl adjacent to an activating group) is 1. The van der Waals surface area contributed by atoms with Crippen LogP contribution in [0.1, 0.15) is 57.1 Å². The number of carbonyl (C=O) groups excluding carboxylic acids is 3. The first-order valence-electron chi connectivity index (χ1n) is 10.4. The Labute approximate surface area is 174 Å². The number of Topliss-reactive ketones (excluding diaryl/α,β-unsaturated/α-hetero) is 2. The average Bonchev–Trinajstić information content (AvgIpc) is 3.08. The Bertz CT molecular complexity index is 1210. The van der Waals surface area contributed by atoms with Crippen LogP contribution in [-0.2, 0) is 17.6 Å². The molecule has 0 saturated heterocycles. The second-order valence-corrected chi connectivity index (χ2v) is 8.22. The Morgan fingerprint density at radius 3 is 2.80 bits per heavy atom. The molecule has 6 nitrogen and oxygen atoms in total. The highest BCUT2D eigenvalue weighted by Crippen LogP contribution is 2.44. The molecule has 2 aromatic heterocycles. The standard InChI is InChI=1S/C24H23N3O3/c1-3-10-26(2)11-9-21-25-13-16-19(29)12-20(30)23-22-15-5-4-6-18(28)14(15)7-8-17(22)27(21)24(16)23/h3-4,6,13H,1,5,7-12H2,2H3. The lowest BCUT2D eigenvalue weighted by molar-refractivity contribution is -0.111. The SMILES string of the molecule is C=CCN(C)CCc1ncc2c3c(c4c(n13)CCC1=C4CC=CC1=O)C(=O)CC2=O. The van der Waals surface area contributed by atoms with Crippen LogP contribution in [0, 0.1) is 0 Å². The number of ketones is 3. The summed E-state index contributed by atoms with van der Waals surface area (Å²) in [6.07, 6.45) is 9.50. The highest BCUT2D eigenvalue weighted by Gasteiger charge is 2.37. The van der Waals surface area contributed by atoms with E-state index in [0.717, 1.165) is 41.3 Å². The maximum atomic E-state index is 13.0. The smallest absolute Gasteiger partial charge is 0.181 e.